The molecule has 0 spiro atoms. The maximum Gasteiger partial charge on any atom is 0.290 e. The summed E-state index contributed by atoms with van der Waals surface area (Å²) in [5.41, 5.74) is 6.09. The van der Waals surface area contributed by atoms with E-state index in [4.69, 9.17) is 4.74 Å². The summed E-state index contributed by atoms with van der Waals surface area (Å²) >= 11 is 0. The summed E-state index contributed by atoms with van der Waals surface area (Å²) in [6.07, 6.45) is 3.36. The molecule has 1 atom stereocenters. The molecule has 1 aromatic heterocycles. The van der Waals surface area contributed by atoms with Crippen LogP contribution in [0, 0.1) is 0 Å². The molecule has 2 amide bonds. The van der Waals surface area contributed by atoms with Gasteiger partial charge in [0.2, 0.25) is 0 Å². The van der Waals surface area contributed by atoms with Gasteiger partial charge in [0.15, 0.2) is 5.69 Å². The topological polar surface area (TPSA) is 85.3 Å². The lowest BCUT2D eigenvalue weighted by Gasteiger charge is -2.22. The van der Waals surface area contributed by atoms with Crippen molar-refractivity contribution in [2.45, 2.75) is 64.0 Å². The Balaban J connectivity index is 1.66. The van der Waals surface area contributed by atoms with Gasteiger partial charge in [0.05, 0.1) is 5.54 Å². The molecule has 1 aliphatic carbocycles. The van der Waals surface area contributed by atoms with Crippen molar-refractivity contribution in [1.82, 2.24) is 20.6 Å². The van der Waals surface area contributed by atoms with Gasteiger partial charge in [-0.1, -0.05) is 0 Å². The number of hydrazine groups is 1. The normalized spacial score (nSPS) is 21.3. The van der Waals surface area contributed by atoms with Gasteiger partial charge in [-0.15, -0.1) is 0 Å². The van der Waals surface area contributed by atoms with E-state index in [2.05, 4.69) is 36.7 Å². The minimum Gasteiger partial charge on any atom is -0.368 e. The second kappa shape index (κ2) is 5.96. The molecule has 1 aromatic rings. The molecule has 7 heteroatoms. The largest absolute Gasteiger partial charge is 0.368 e. The number of carbonyl (C=O) groups is 2. The molecule has 0 radical (unpaired) electrons. The summed E-state index contributed by atoms with van der Waals surface area (Å²) in [5.74, 6) is -0.223. The molecule has 1 saturated carbocycles. The van der Waals surface area contributed by atoms with Crippen LogP contribution in [0.1, 0.15) is 68.6 Å². The van der Waals surface area contributed by atoms with Crippen molar-refractivity contribution in [3.8, 4) is 0 Å². The number of hydrogen-bond donors (Lipinski definition) is 2. The lowest BCUT2D eigenvalue weighted by atomic mass is 10.1. The highest BCUT2D eigenvalue weighted by Crippen LogP contribution is 2.41. The van der Waals surface area contributed by atoms with Crippen LogP contribution < -0.4 is 10.9 Å². The van der Waals surface area contributed by atoms with Crippen LogP contribution in [0.15, 0.2) is 6.07 Å². The van der Waals surface area contributed by atoms with Crippen LogP contribution in [-0.2, 0) is 15.1 Å². The Morgan fingerprint density at radius 3 is 2.57 bits per heavy atom. The standard InChI is InChI=1S/C16H24N4O3/c1-16(2,3)20-12(10-6-7-10)9-11(19-20)14(21)17-18-15(22)13-5-4-8-23-13/h9-10,13H,4-8H2,1-3H3,(H,17,21)(H,18,22). The number of nitrogens with one attached hydrogen (secondary N) is 2. The van der Waals surface area contributed by atoms with Crippen LogP contribution in [-0.4, -0.2) is 34.3 Å². The molecule has 3 rings (SSSR count). The first-order valence-electron chi connectivity index (χ1n) is 8.18. The Kier molecular flexibility index (Phi) is 4.14. The average molecular weight is 320 g/mol. The molecule has 1 unspecified atom stereocenters. The molecule has 126 valence electrons. The third-order valence-corrected chi connectivity index (χ3v) is 4.12. The summed E-state index contributed by atoms with van der Waals surface area (Å²) in [4.78, 5) is 24.1. The highest BCUT2D eigenvalue weighted by molar-refractivity contribution is 5.94. The number of carbonyl (C=O) groups excluding carboxylic acids is 2. The molecule has 0 aromatic carbocycles. The molecule has 2 heterocycles. The van der Waals surface area contributed by atoms with E-state index in [1.807, 2.05) is 10.7 Å². The molecule has 2 N–H and O–H groups in total. The summed E-state index contributed by atoms with van der Waals surface area (Å²) in [6.45, 7) is 6.78. The quantitative estimate of drug-likeness (QED) is 0.826. The van der Waals surface area contributed by atoms with Gasteiger partial charge in [-0.25, -0.2) is 0 Å². The van der Waals surface area contributed by atoms with Gasteiger partial charge < -0.3 is 4.74 Å². The number of rotatable bonds is 3. The van der Waals surface area contributed by atoms with Gasteiger partial charge in [-0.3, -0.25) is 25.1 Å². The summed E-state index contributed by atoms with van der Waals surface area (Å²) in [5, 5.41) is 4.44. The molecule has 0 bridgehead atoms. The Labute approximate surface area is 135 Å². The van der Waals surface area contributed by atoms with Crippen LogP contribution in [0.25, 0.3) is 0 Å². The number of hydrogen-bond acceptors (Lipinski definition) is 4. The zero-order valence-electron chi connectivity index (χ0n) is 13.9. The van der Waals surface area contributed by atoms with E-state index in [1.54, 1.807) is 0 Å². The second-order valence-electron chi connectivity index (χ2n) is 7.26. The van der Waals surface area contributed by atoms with E-state index in [0.717, 1.165) is 25.0 Å². The minimum absolute atomic E-state index is 0.183. The number of amides is 2. The first-order chi connectivity index (χ1) is 10.9. The molecular weight excluding hydrogens is 296 g/mol. The van der Waals surface area contributed by atoms with Crippen LogP contribution in [0.5, 0.6) is 0 Å². The van der Waals surface area contributed by atoms with Crippen molar-refractivity contribution in [3.63, 3.8) is 0 Å². The fraction of sp³-hybridized carbons (Fsp3) is 0.688. The van der Waals surface area contributed by atoms with Gasteiger partial charge in [0.1, 0.15) is 6.10 Å². The van der Waals surface area contributed by atoms with E-state index >= 15 is 0 Å². The van der Waals surface area contributed by atoms with E-state index in [1.165, 1.54) is 0 Å². The molecule has 2 aliphatic rings. The molecule has 2 fully saturated rings. The summed E-state index contributed by atoms with van der Waals surface area (Å²) in [6, 6.07) is 1.83. The molecule has 23 heavy (non-hydrogen) atoms. The molecule has 7 nitrogen and oxygen atoms in total. The van der Waals surface area contributed by atoms with E-state index in [9.17, 15) is 9.59 Å². The smallest absolute Gasteiger partial charge is 0.290 e. The lowest BCUT2D eigenvalue weighted by Crippen LogP contribution is -2.46. The Morgan fingerprint density at radius 1 is 1.26 bits per heavy atom. The summed E-state index contributed by atoms with van der Waals surface area (Å²) < 4.78 is 7.20. The van der Waals surface area contributed by atoms with Crippen molar-refractivity contribution in [2.24, 2.45) is 0 Å². The third-order valence-electron chi connectivity index (χ3n) is 4.12. The van der Waals surface area contributed by atoms with Gasteiger partial charge in [0, 0.05) is 18.2 Å². The van der Waals surface area contributed by atoms with E-state index in [0.29, 0.717) is 24.6 Å². The highest BCUT2D eigenvalue weighted by atomic mass is 16.5. The van der Waals surface area contributed by atoms with Crippen molar-refractivity contribution in [3.05, 3.63) is 17.5 Å². The van der Waals surface area contributed by atoms with Crippen molar-refractivity contribution < 1.29 is 14.3 Å². The minimum atomic E-state index is -0.468. The van der Waals surface area contributed by atoms with E-state index < -0.39 is 12.0 Å². The fourth-order valence-electron chi connectivity index (χ4n) is 2.76. The van der Waals surface area contributed by atoms with Crippen molar-refractivity contribution in [2.75, 3.05) is 6.61 Å². The highest BCUT2D eigenvalue weighted by Gasteiger charge is 2.32. The number of nitrogens with zero attached hydrogens (tertiary/aromatic N) is 2. The monoisotopic (exact) mass is 320 g/mol. The maximum absolute atomic E-state index is 12.3. The zero-order chi connectivity index (χ0) is 16.6. The number of aromatic nitrogens is 2. The van der Waals surface area contributed by atoms with Gasteiger partial charge in [0.25, 0.3) is 11.8 Å². The Morgan fingerprint density at radius 2 is 2.00 bits per heavy atom. The van der Waals surface area contributed by atoms with Gasteiger partial charge >= 0.3 is 0 Å². The predicted molar refractivity (Wildman–Crippen MR) is 83.8 cm³/mol. The Bertz CT molecular complexity index is 607. The lowest BCUT2D eigenvalue weighted by molar-refractivity contribution is -0.130. The number of ether oxygens (including phenoxy) is 1. The summed E-state index contributed by atoms with van der Waals surface area (Å²) in [7, 11) is 0. The molecule has 1 aliphatic heterocycles. The van der Waals surface area contributed by atoms with Crippen molar-refractivity contribution in [1.29, 1.82) is 0 Å². The van der Waals surface area contributed by atoms with Gasteiger partial charge in [-0.2, -0.15) is 5.10 Å². The maximum atomic E-state index is 12.3. The predicted octanol–water partition coefficient (Wildman–Crippen LogP) is 1.46. The van der Waals surface area contributed by atoms with Crippen molar-refractivity contribution >= 4 is 11.8 Å². The zero-order valence-corrected chi connectivity index (χ0v) is 13.9. The van der Waals surface area contributed by atoms with E-state index in [-0.39, 0.29) is 11.4 Å². The van der Waals surface area contributed by atoms with Crippen LogP contribution in [0.3, 0.4) is 0 Å². The van der Waals surface area contributed by atoms with Crippen LogP contribution >= 0.6 is 0 Å². The first kappa shape index (κ1) is 16.0. The molecule has 1 saturated heterocycles. The Hall–Kier alpha value is -1.89. The third kappa shape index (κ3) is 3.55. The van der Waals surface area contributed by atoms with Crippen LogP contribution in [0.2, 0.25) is 0 Å². The molecular formula is C16H24N4O3. The first-order valence-corrected chi connectivity index (χ1v) is 8.18. The van der Waals surface area contributed by atoms with Crippen LogP contribution in [0.4, 0.5) is 0 Å². The SMILES string of the molecule is CC(C)(C)n1nc(C(=O)NNC(=O)C2CCCO2)cc1C1CC1. The second-order valence-corrected chi connectivity index (χ2v) is 7.26. The fourth-order valence-corrected chi connectivity index (χ4v) is 2.76. The average Bonchev–Trinajstić information content (AvgIpc) is 3.03. The van der Waals surface area contributed by atoms with Gasteiger partial charge in [-0.05, 0) is 52.5 Å².